The molecule has 3 aromatic rings. The van der Waals surface area contributed by atoms with Crippen molar-refractivity contribution >= 4 is 5.91 Å². The van der Waals surface area contributed by atoms with Gasteiger partial charge in [0.25, 0.3) is 0 Å². The van der Waals surface area contributed by atoms with Gasteiger partial charge in [0.15, 0.2) is 0 Å². The fourth-order valence-electron chi connectivity index (χ4n) is 3.74. The van der Waals surface area contributed by atoms with Crippen LogP contribution >= 0.6 is 0 Å². The average molecular weight is 372 g/mol. The molecular weight excluding hydrogens is 348 g/mol. The second-order valence-electron chi connectivity index (χ2n) is 7.38. The Bertz CT molecular complexity index is 958. The minimum atomic E-state index is 0.131. The van der Waals surface area contributed by atoms with Crippen molar-refractivity contribution in [2.45, 2.75) is 32.1 Å². The van der Waals surface area contributed by atoms with Crippen molar-refractivity contribution in [1.82, 2.24) is 19.9 Å². The quantitative estimate of drug-likeness (QED) is 0.699. The van der Waals surface area contributed by atoms with Crippen LogP contribution in [-0.4, -0.2) is 38.8 Å². The number of likely N-dealkylation sites (tertiary alicyclic amines) is 1. The van der Waals surface area contributed by atoms with E-state index in [0.717, 1.165) is 42.0 Å². The number of nitrogens with zero attached hydrogens (tertiary/aromatic N) is 4. The van der Waals surface area contributed by atoms with E-state index < -0.39 is 0 Å². The maximum Gasteiger partial charge on any atom is 0.228 e. The fraction of sp³-hybridized carbons (Fsp3) is 0.304. The first kappa shape index (κ1) is 18.3. The molecule has 28 heavy (non-hydrogen) atoms. The van der Waals surface area contributed by atoms with Crippen molar-refractivity contribution < 1.29 is 4.79 Å². The highest BCUT2D eigenvalue weighted by molar-refractivity contribution is 5.78. The lowest BCUT2D eigenvalue weighted by molar-refractivity contribution is -0.131. The normalized spacial score (nSPS) is 16.8. The topological polar surface area (TPSA) is 59.0 Å². The van der Waals surface area contributed by atoms with Crippen LogP contribution in [0.5, 0.6) is 0 Å². The van der Waals surface area contributed by atoms with E-state index in [2.05, 4.69) is 35.1 Å². The van der Waals surface area contributed by atoms with E-state index in [-0.39, 0.29) is 11.8 Å². The number of pyridine rings is 1. The molecule has 5 heteroatoms. The molecule has 0 saturated carbocycles. The van der Waals surface area contributed by atoms with Gasteiger partial charge >= 0.3 is 0 Å². The standard InChI is InChI=1S/C23H24N4O/c1-17-6-4-7-18(12-17)21-14-24-15-22(26-21)19-8-5-11-27(16-19)23(28)13-20-9-2-3-10-25-20/h2-4,6-7,9-10,12,14-15,19H,5,8,11,13,16H2,1H3/t19-/m0/s1. The second-order valence-corrected chi connectivity index (χ2v) is 7.38. The van der Waals surface area contributed by atoms with Gasteiger partial charge in [0.1, 0.15) is 0 Å². The van der Waals surface area contributed by atoms with Crippen LogP contribution in [0.15, 0.2) is 61.1 Å². The molecule has 0 aliphatic carbocycles. The maximum atomic E-state index is 12.7. The smallest absolute Gasteiger partial charge is 0.228 e. The number of benzene rings is 1. The molecule has 1 saturated heterocycles. The Labute approximate surface area is 165 Å². The molecule has 2 aromatic heterocycles. The van der Waals surface area contributed by atoms with Gasteiger partial charge in [0.2, 0.25) is 5.91 Å². The number of hydrogen-bond acceptors (Lipinski definition) is 4. The summed E-state index contributed by atoms with van der Waals surface area (Å²) in [5.41, 5.74) is 4.95. The van der Waals surface area contributed by atoms with Crippen LogP contribution in [0.2, 0.25) is 0 Å². The maximum absolute atomic E-state index is 12.7. The first-order valence-corrected chi connectivity index (χ1v) is 9.76. The van der Waals surface area contributed by atoms with Crippen LogP contribution in [0.1, 0.15) is 35.7 Å². The summed E-state index contributed by atoms with van der Waals surface area (Å²) < 4.78 is 0. The molecule has 0 radical (unpaired) electrons. The summed E-state index contributed by atoms with van der Waals surface area (Å²) in [6.07, 6.45) is 7.74. The number of carbonyl (C=O) groups is 1. The van der Waals surface area contributed by atoms with E-state index in [0.29, 0.717) is 13.0 Å². The van der Waals surface area contributed by atoms with Gasteiger partial charge in [-0.15, -0.1) is 0 Å². The Morgan fingerprint density at radius 3 is 2.93 bits per heavy atom. The Hall–Kier alpha value is -3.08. The summed E-state index contributed by atoms with van der Waals surface area (Å²) >= 11 is 0. The van der Waals surface area contributed by atoms with Crippen molar-refractivity contribution in [3.8, 4) is 11.3 Å². The molecule has 1 aromatic carbocycles. The number of piperidine rings is 1. The second kappa shape index (κ2) is 8.30. The minimum absolute atomic E-state index is 0.131. The Kier molecular flexibility index (Phi) is 5.42. The highest BCUT2D eigenvalue weighted by atomic mass is 16.2. The largest absolute Gasteiger partial charge is 0.342 e. The van der Waals surface area contributed by atoms with E-state index in [4.69, 9.17) is 4.98 Å². The molecule has 1 fully saturated rings. The molecule has 0 spiro atoms. The van der Waals surface area contributed by atoms with E-state index in [9.17, 15) is 4.79 Å². The highest BCUT2D eigenvalue weighted by Crippen LogP contribution is 2.27. The lowest BCUT2D eigenvalue weighted by atomic mass is 9.94. The molecule has 5 nitrogen and oxygen atoms in total. The van der Waals surface area contributed by atoms with Crippen LogP contribution in [0, 0.1) is 6.92 Å². The predicted molar refractivity (Wildman–Crippen MR) is 109 cm³/mol. The van der Waals surface area contributed by atoms with E-state index in [1.807, 2.05) is 41.6 Å². The molecule has 1 atom stereocenters. The highest BCUT2D eigenvalue weighted by Gasteiger charge is 2.26. The van der Waals surface area contributed by atoms with Crippen LogP contribution in [0.25, 0.3) is 11.3 Å². The van der Waals surface area contributed by atoms with Crippen LogP contribution in [0.3, 0.4) is 0 Å². The summed E-state index contributed by atoms with van der Waals surface area (Å²) in [7, 11) is 0. The van der Waals surface area contributed by atoms with Gasteiger partial charge in [-0.3, -0.25) is 14.8 Å². The van der Waals surface area contributed by atoms with Crippen LogP contribution in [0.4, 0.5) is 0 Å². The molecule has 3 heterocycles. The number of rotatable bonds is 4. The first-order chi connectivity index (χ1) is 13.7. The van der Waals surface area contributed by atoms with Crippen LogP contribution in [-0.2, 0) is 11.2 Å². The van der Waals surface area contributed by atoms with Crippen molar-refractivity contribution in [3.05, 3.63) is 78.0 Å². The van der Waals surface area contributed by atoms with Gasteiger partial charge in [-0.2, -0.15) is 0 Å². The zero-order valence-electron chi connectivity index (χ0n) is 16.1. The fourth-order valence-corrected chi connectivity index (χ4v) is 3.74. The van der Waals surface area contributed by atoms with E-state index in [1.54, 1.807) is 6.20 Å². The van der Waals surface area contributed by atoms with Crippen molar-refractivity contribution in [2.75, 3.05) is 13.1 Å². The van der Waals surface area contributed by atoms with Crippen LogP contribution < -0.4 is 0 Å². The van der Waals surface area contributed by atoms with E-state index >= 15 is 0 Å². The van der Waals surface area contributed by atoms with Gasteiger partial charge in [-0.05, 0) is 38.0 Å². The number of amides is 1. The Morgan fingerprint density at radius 1 is 1.18 bits per heavy atom. The monoisotopic (exact) mass is 372 g/mol. The molecule has 0 bridgehead atoms. The van der Waals surface area contributed by atoms with Gasteiger partial charge in [-0.1, -0.05) is 29.8 Å². The van der Waals surface area contributed by atoms with Gasteiger partial charge < -0.3 is 4.90 Å². The summed E-state index contributed by atoms with van der Waals surface area (Å²) in [6.45, 7) is 3.57. The van der Waals surface area contributed by atoms with E-state index in [1.165, 1.54) is 5.56 Å². The molecule has 1 amide bonds. The number of aryl methyl sites for hydroxylation is 1. The molecule has 1 aliphatic heterocycles. The zero-order chi connectivity index (χ0) is 19.3. The molecule has 1 aliphatic rings. The van der Waals surface area contributed by atoms with Gasteiger partial charge in [0.05, 0.1) is 24.0 Å². The third-order valence-corrected chi connectivity index (χ3v) is 5.22. The third-order valence-electron chi connectivity index (χ3n) is 5.22. The number of carbonyl (C=O) groups excluding carboxylic acids is 1. The first-order valence-electron chi connectivity index (χ1n) is 9.76. The molecule has 0 N–H and O–H groups in total. The summed E-state index contributed by atoms with van der Waals surface area (Å²) in [6, 6.07) is 14.0. The van der Waals surface area contributed by atoms with Crippen molar-refractivity contribution in [3.63, 3.8) is 0 Å². The molecule has 4 rings (SSSR count). The average Bonchev–Trinajstić information content (AvgIpc) is 2.75. The van der Waals surface area contributed by atoms with Crippen molar-refractivity contribution in [1.29, 1.82) is 0 Å². The third kappa shape index (κ3) is 4.25. The lowest BCUT2D eigenvalue weighted by Crippen LogP contribution is -2.40. The summed E-state index contributed by atoms with van der Waals surface area (Å²) in [5, 5.41) is 0. The van der Waals surface area contributed by atoms with Gasteiger partial charge in [-0.25, -0.2) is 4.98 Å². The number of aromatic nitrogens is 3. The molecule has 0 unspecified atom stereocenters. The van der Waals surface area contributed by atoms with Crippen molar-refractivity contribution in [2.24, 2.45) is 0 Å². The number of hydrogen-bond donors (Lipinski definition) is 0. The lowest BCUT2D eigenvalue weighted by Gasteiger charge is -2.32. The zero-order valence-corrected chi connectivity index (χ0v) is 16.1. The van der Waals surface area contributed by atoms with Gasteiger partial charge in [0, 0.05) is 42.7 Å². The Balaban J connectivity index is 1.49. The minimum Gasteiger partial charge on any atom is -0.342 e. The summed E-state index contributed by atoms with van der Waals surface area (Å²) in [5.74, 6) is 0.352. The predicted octanol–water partition coefficient (Wildman–Crippen LogP) is 3.80. The molecular formula is C23H24N4O. The Morgan fingerprint density at radius 2 is 2.11 bits per heavy atom. The SMILES string of the molecule is Cc1cccc(-c2cncc([C@H]3CCCN(C(=O)Cc4ccccn4)C3)n2)c1. The summed E-state index contributed by atoms with van der Waals surface area (Å²) in [4.78, 5) is 28.2. The molecule has 142 valence electrons.